The first-order chi connectivity index (χ1) is 11.8. The van der Waals surface area contributed by atoms with Crippen molar-refractivity contribution in [1.82, 2.24) is 0 Å². The molecule has 0 aromatic carbocycles. The van der Waals surface area contributed by atoms with Gasteiger partial charge < -0.3 is 15.4 Å². The van der Waals surface area contributed by atoms with Gasteiger partial charge in [-0.2, -0.15) is 0 Å². The summed E-state index contributed by atoms with van der Waals surface area (Å²) in [7, 11) is 0. The third kappa shape index (κ3) is 2.16. The van der Waals surface area contributed by atoms with E-state index in [1.165, 1.54) is 5.57 Å². The van der Waals surface area contributed by atoms with Crippen molar-refractivity contribution in [3.05, 3.63) is 11.6 Å². The second-order valence-corrected chi connectivity index (χ2v) is 9.70. The summed E-state index contributed by atoms with van der Waals surface area (Å²) in [4.78, 5) is 0. The van der Waals surface area contributed by atoms with E-state index in [-0.39, 0.29) is 16.9 Å². The van der Waals surface area contributed by atoms with Crippen molar-refractivity contribution in [2.24, 2.45) is 33.7 Å². The minimum absolute atomic E-state index is 0.162. The molecule has 0 radical (unpaired) electrons. The van der Waals surface area contributed by atoms with Crippen LogP contribution < -0.4 is 0 Å². The number of oxime groups is 1. The van der Waals surface area contributed by atoms with Gasteiger partial charge in [-0.25, -0.2) is 0 Å². The molecule has 25 heavy (non-hydrogen) atoms. The van der Waals surface area contributed by atoms with Crippen LogP contribution in [0.5, 0.6) is 0 Å². The molecule has 4 rings (SSSR count). The molecule has 4 heteroatoms. The highest BCUT2D eigenvalue weighted by Crippen LogP contribution is 2.67. The molecule has 0 bridgehead atoms. The van der Waals surface area contributed by atoms with Crippen molar-refractivity contribution in [2.45, 2.75) is 83.8 Å². The Morgan fingerprint density at radius 3 is 2.56 bits per heavy atom. The molecule has 0 spiro atoms. The van der Waals surface area contributed by atoms with Gasteiger partial charge in [0.15, 0.2) is 0 Å². The number of aliphatic hydroxyl groups excluding tert-OH is 1. The Hall–Kier alpha value is -0.870. The molecule has 0 aromatic rings. The first-order valence-electron chi connectivity index (χ1n) is 10.1. The second kappa shape index (κ2) is 5.56. The maximum atomic E-state index is 11.4. The SMILES string of the molecule is CC(=NO)[C@]1(O)CC[C@@H]2[C@H]3CC=C4C[C@H](O)CC[C@@]4(C)[C@@H]3CC[C@@]21C. The van der Waals surface area contributed by atoms with Crippen molar-refractivity contribution in [1.29, 1.82) is 0 Å². The standard InChI is InChI=1S/C21H33NO3/c1-13(22-25)21(24)11-8-18-16-5-4-14-12-15(23)6-9-19(14,2)17(16)7-10-20(18,21)3/h4,15-18,23-25H,5-12H2,1-3H3/t15-,16+,17-,18-,19-,20+,21-/m1/s1. The minimum atomic E-state index is -0.967. The Labute approximate surface area is 151 Å². The normalized spacial score (nSPS) is 52.8. The molecule has 4 aliphatic carbocycles. The van der Waals surface area contributed by atoms with Crippen molar-refractivity contribution in [3.8, 4) is 0 Å². The van der Waals surface area contributed by atoms with Gasteiger partial charge in [0.05, 0.1) is 11.8 Å². The van der Waals surface area contributed by atoms with Gasteiger partial charge in [0, 0.05) is 5.41 Å². The fourth-order valence-electron chi connectivity index (χ4n) is 7.33. The quantitative estimate of drug-likeness (QED) is 0.292. The van der Waals surface area contributed by atoms with E-state index in [1.54, 1.807) is 6.92 Å². The van der Waals surface area contributed by atoms with Gasteiger partial charge in [-0.1, -0.05) is 30.7 Å². The van der Waals surface area contributed by atoms with Crippen LogP contribution in [0, 0.1) is 28.6 Å². The van der Waals surface area contributed by atoms with Crippen LogP contribution in [-0.2, 0) is 0 Å². The predicted octanol–water partition coefficient (Wildman–Crippen LogP) is 3.89. The van der Waals surface area contributed by atoms with Crippen LogP contribution in [0.15, 0.2) is 16.8 Å². The van der Waals surface area contributed by atoms with E-state index in [9.17, 15) is 15.4 Å². The molecule has 140 valence electrons. The fraction of sp³-hybridized carbons (Fsp3) is 0.857. The summed E-state index contributed by atoms with van der Waals surface area (Å²) in [6, 6.07) is 0. The van der Waals surface area contributed by atoms with Crippen molar-refractivity contribution in [3.63, 3.8) is 0 Å². The van der Waals surface area contributed by atoms with E-state index >= 15 is 0 Å². The summed E-state index contributed by atoms with van der Waals surface area (Å²) < 4.78 is 0. The average Bonchev–Trinajstić information content (AvgIpc) is 2.87. The lowest BCUT2D eigenvalue weighted by Crippen LogP contribution is -2.57. The fourth-order valence-corrected chi connectivity index (χ4v) is 7.33. The van der Waals surface area contributed by atoms with E-state index < -0.39 is 5.60 Å². The van der Waals surface area contributed by atoms with Crippen LogP contribution in [0.3, 0.4) is 0 Å². The Balaban J connectivity index is 1.69. The van der Waals surface area contributed by atoms with Crippen LogP contribution in [0.1, 0.15) is 72.1 Å². The third-order valence-corrected chi connectivity index (χ3v) is 8.98. The van der Waals surface area contributed by atoms with Crippen LogP contribution >= 0.6 is 0 Å². The lowest BCUT2D eigenvalue weighted by atomic mass is 9.46. The third-order valence-electron chi connectivity index (χ3n) is 8.98. The van der Waals surface area contributed by atoms with Gasteiger partial charge in [-0.3, -0.25) is 0 Å². The number of nitrogens with zero attached hydrogens (tertiary/aromatic N) is 1. The van der Waals surface area contributed by atoms with Gasteiger partial charge in [0.25, 0.3) is 0 Å². The van der Waals surface area contributed by atoms with E-state index in [0.29, 0.717) is 29.9 Å². The summed E-state index contributed by atoms with van der Waals surface area (Å²) in [5.74, 6) is 1.74. The smallest absolute Gasteiger partial charge is 0.111 e. The molecule has 0 unspecified atom stereocenters. The average molecular weight is 347 g/mol. The Morgan fingerprint density at radius 1 is 1.12 bits per heavy atom. The number of rotatable bonds is 1. The zero-order chi connectivity index (χ0) is 18.0. The molecule has 0 aliphatic heterocycles. The number of hydrogen-bond donors (Lipinski definition) is 3. The molecular formula is C21H33NO3. The highest BCUT2D eigenvalue weighted by molar-refractivity contribution is 5.91. The highest BCUT2D eigenvalue weighted by atomic mass is 16.4. The van der Waals surface area contributed by atoms with Crippen molar-refractivity contribution in [2.75, 3.05) is 0 Å². The van der Waals surface area contributed by atoms with Crippen LogP contribution in [0.25, 0.3) is 0 Å². The molecule has 3 saturated carbocycles. The summed E-state index contributed by atoms with van der Waals surface area (Å²) in [6.45, 7) is 6.41. The van der Waals surface area contributed by atoms with Crippen molar-refractivity contribution >= 4 is 5.71 Å². The van der Waals surface area contributed by atoms with Crippen LogP contribution in [0.2, 0.25) is 0 Å². The first kappa shape index (κ1) is 17.5. The lowest BCUT2D eigenvalue weighted by Gasteiger charge is -2.58. The molecule has 4 aliphatic rings. The molecule has 0 saturated heterocycles. The first-order valence-corrected chi connectivity index (χ1v) is 10.1. The molecule has 3 N–H and O–H groups in total. The number of fused-ring (bicyclic) bond motifs is 5. The van der Waals surface area contributed by atoms with Crippen LogP contribution in [-0.4, -0.2) is 32.8 Å². The summed E-state index contributed by atoms with van der Waals surface area (Å²) in [5, 5.41) is 34.2. The molecular weight excluding hydrogens is 314 g/mol. The van der Waals surface area contributed by atoms with E-state index in [1.807, 2.05) is 0 Å². The van der Waals surface area contributed by atoms with Gasteiger partial charge in [-0.15, -0.1) is 0 Å². The maximum Gasteiger partial charge on any atom is 0.111 e. The maximum absolute atomic E-state index is 11.4. The monoisotopic (exact) mass is 347 g/mol. The zero-order valence-electron chi connectivity index (χ0n) is 15.8. The predicted molar refractivity (Wildman–Crippen MR) is 97.6 cm³/mol. The second-order valence-electron chi connectivity index (χ2n) is 9.70. The number of allylic oxidation sites excluding steroid dienone is 1. The number of hydrogen-bond acceptors (Lipinski definition) is 4. The molecule has 0 amide bonds. The molecule has 0 aromatic heterocycles. The van der Waals surface area contributed by atoms with E-state index in [2.05, 4.69) is 25.1 Å². The number of aliphatic hydroxyl groups is 2. The van der Waals surface area contributed by atoms with Gasteiger partial charge in [0.2, 0.25) is 0 Å². The van der Waals surface area contributed by atoms with Gasteiger partial charge >= 0.3 is 0 Å². The minimum Gasteiger partial charge on any atom is -0.411 e. The highest BCUT2D eigenvalue weighted by Gasteiger charge is 2.64. The van der Waals surface area contributed by atoms with Gasteiger partial charge in [0.1, 0.15) is 5.60 Å². The molecule has 4 nitrogen and oxygen atoms in total. The van der Waals surface area contributed by atoms with E-state index in [0.717, 1.165) is 44.9 Å². The topological polar surface area (TPSA) is 73.1 Å². The Morgan fingerprint density at radius 2 is 1.84 bits per heavy atom. The molecule has 7 atom stereocenters. The summed E-state index contributed by atoms with van der Waals surface area (Å²) in [6.07, 6.45) is 10.0. The molecule has 3 fully saturated rings. The van der Waals surface area contributed by atoms with Gasteiger partial charge in [-0.05, 0) is 81.5 Å². The zero-order valence-corrected chi connectivity index (χ0v) is 15.8. The lowest BCUT2D eigenvalue weighted by molar-refractivity contribution is -0.0936. The van der Waals surface area contributed by atoms with E-state index in [4.69, 9.17) is 0 Å². The Kier molecular flexibility index (Phi) is 3.90. The Bertz CT molecular complexity index is 629. The summed E-state index contributed by atoms with van der Waals surface area (Å²) in [5.41, 5.74) is 1.03. The molecule has 0 heterocycles. The van der Waals surface area contributed by atoms with Crippen molar-refractivity contribution < 1.29 is 15.4 Å². The largest absolute Gasteiger partial charge is 0.411 e. The van der Waals surface area contributed by atoms with Crippen LogP contribution in [0.4, 0.5) is 0 Å². The summed E-state index contributed by atoms with van der Waals surface area (Å²) >= 11 is 0.